The Balaban J connectivity index is 2.61. The van der Waals surface area contributed by atoms with Gasteiger partial charge in [0.05, 0.1) is 0 Å². The quantitative estimate of drug-likeness (QED) is 0.544. The Morgan fingerprint density at radius 2 is 1.84 bits per heavy atom. The van der Waals surface area contributed by atoms with E-state index in [0.717, 1.165) is 5.56 Å². The molecule has 0 aromatic heterocycles. The van der Waals surface area contributed by atoms with Gasteiger partial charge in [0.2, 0.25) is 0 Å². The van der Waals surface area contributed by atoms with Crippen molar-refractivity contribution in [2.45, 2.75) is 6.92 Å². The number of aliphatic imine (C=N–C) groups is 1. The van der Waals surface area contributed by atoms with Crippen LogP contribution in [0.1, 0.15) is 5.56 Å². The number of thioether (sulfide) groups is 1. The standard InChI is InChI=1S/C12H16N4O2S/c1-8-4-6-9(7-5-8)14-11(18)16-12(19-3)15-10(17)13-2/h4-7H,1-3H3,(H3,13,14,15,16,17,18). The summed E-state index contributed by atoms with van der Waals surface area (Å²) in [5.74, 6) is 0. The van der Waals surface area contributed by atoms with Crippen LogP contribution in [-0.2, 0) is 0 Å². The minimum absolute atomic E-state index is 0.226. The number of hydrogen-bond donors (Lipinski definition) is 3. The summed E-state index contributed by atoms with van der Waals surface area (Å²) in [7, 11) is 1.47. The summed E-state index contributed by atoms with van der Waals surface area (Å²) < 4.78 is 0. The molecule has 1 aromatic carbocycles. The Hall–Kier alpha value is -2.02. The topological polar surface area (TPSA) is 82.6 Å². The predicted octanol–water partition coefficient (Wildman–Crippen LogP) is 2.17. The molecule has 0 aliphatic rings. The highest BCUT2D eigenvalue weighted by molar-refractivity contribution is 8.13. The zero-order chi connectivity index (χ0) is 14.3. The average molecular weight is 280 g/mol. The second-order valence-corrected chi connectivity index (χ2v) is 4.42. The molecule has 0 unspecified atom stereocenters. The molecule has 0 aliphatic heterocycles. The second-order valence-electron chi connectivity index (χ2n) is 3.62. The first-order chi connectivity index (χ1) is 9.05. The van der Waals surface area contributed by atoms with Gasteiger partial charge in [0.25, 0.3) is 0 Å². The van der Waals surface area contributed by atoms with Crippen LogP contribution in [-0.4, -0.2) is 30.5 Å². The number of carbonyl (C=O) groups excluding carboxylic acids is 2. The molecule has 0 saturated carbocycles. The molecule has 0 heterocycles. The molecule has 6 nitrogen and oxygen atoms in total. The molecule has 0 saturated heterocycles. The molecule has 1 rings (SSSR count). The van der Waals surface area contributed by atoms with Gasteiger partial charge < -0.3 is 10.6 Å². The summed E-state index contributed by atoms with van der Waals surface area (Å²) in [5, 5.41) is 7.72. The molecule has 3 N–H and O–H groups in total. The summed E-state index contributed by atoms with van der Waals surface area (Å²) in [6.45, 7) is 1.96. The van der Waals surface area contributed by atoms with Gasteiger partial charge in [-0.15, -0.1) is 0 Å². The van der Waals surface area contributed by atoms with Crippen LogP contribution < -0.4 is 16.0 Å². The fraction of sp³-hybridized carbons (Fsp3) is 0.250. The number of carbonyl (C=O) groups is 2. The van der Waals surface area contributed by atoms with Crippen molar-refractivity contribution in [3.05, 3.63) is 29.8 Å². The molecule has 4 amide bonds. The Kier molecular flexibility index (Phi) is 5.87. The van der Waals surface area contributed by atoms with Crippen molar-refractivity contribution in [3.8, 4) is 0 Å². The van der Waals surface area contributed by atoms with Gasteiger partial charge in [-0.05, 0) is 25.3 Å². The van der Waals surface area contributed by atoms with Crippen molar-refractivity contribution >= 4 is 34.7 Å². The maximum absolute atomic E-state index is 11.7. The monoisotopic (exact) mass is 280 g/mol. The van der Waals surface area contributed by atoms with Crippen molar-refractivity contribution < 1.29 is 9.59 Å². The number of benzene rings is 1. The van der Waals surface area contributed by atoms with E-state index < -0.39 is 12.1 Å². The highest BCUT2D eigenvalue weighted by Gasteiger charge is 2.07. The van der Waals surface area contributed by atoms with Crippen LogP contribution in [0.4, 0.5) is 15.3 Å². The van der Waals surface area contributed by atoms with Crippen LogP contribution in [0, 0.1) is 6.92 Å². The number of amidine groups is 1. The van der Waals surface area contributed by atoms with Crippen LogP contribution in [0.3, 0.4) is 0 Å². The zero-order valence-electron chi connectivity index (χ0n) is 11.0. The first-order valence-corrected chi connectivity index (χ1v) is 6.76. The smallest absolute Gasteiger partial charge is 0.339 e. The summed E-state index contributed by atoms with van der Waals surface area (Å²) in [6, 6.07) is 6.42. The normalized spacial score (nSPS) is 10.8. The van der Waals surface area contributed by atoms with Gasteiger partial charge in [0.1, 0.15) is 0 Å². The lowest BCUT2D eigenvalue weighted by atomic mass is 10.2. The summed E-state index contributed by atoms with van der Waals surface area (Å²) in [6.07, 6.45) is 1.72. The van der Waals surface area contributed by atoms with Gasteiger partial charge in [-0.3, -0.25) is 5.32 Å². The van der Waals surface area contributed by atoms with E-state index >= 15 is 0 Å². The third kappa shape index (κ3) is 5.43. The minimum atomic E-state index is -0.514. The molecule has 0 fully saturated rings. The maximum Gasteiger partial charge on any atom is 0.343 e. The molecular formula is C12H16N4O2S. The summed E-state index contributed by atoms with van der Waals surface area (Å²) in [4.78, 5) is 26.4. The van der Waals surface area contributed by atoms with Crippen molar-refractivity contribution in [2.75, 3.05) is 18.6 Å². The van der Waals surface area contributed by atoms with E-state index in [4.69, 9.17) is 0 Å². The van der Waals surface area contributed by atoms with Crippen LogP contribution in [0.15, 0.2) is 29.3 Å². The molecule has 0 atom stereocenters. The highest BCUT2D eigenvalue weighted by Crippen LogP contribution is 2.08. The van der Waals surface area contributed by atoms with Crippen molar-refractivity contribution in [1.29, 1.82) is 0 Å². The number of nitrogens with one attached hydrogen (secondary N) is 3. The van der Waals surface area contributed by atoms with Crippen LogP contribution >= 0.6 is 11.8 Å². The fourth-order valence-electron chi connectivity index (χ4n) is 1.17. The van der Waals surface area contributed by atoms with Gasteiger partial charge in [-0.25, -0.2) is 9.59 Å². The molecule has 1 aromatic rings. The first-order valence-electron chi connectivity index (χ1n) is 5.54. The SMILES string of the molecule is CNC(=O)N=C(NC(=O)Nc1ccc(C)cc1)SC. The van der Waals surface area contributed by atoms with E-state index in [1.807, 2.05) is 19.1 Å². The zero-order valence-corrected chi connectivity index (χ0v) is 11.8. The lowest BCUT2D eigenvalue weighted by Crippen LogP contribution is -2.33. The Labute approximate surface area is 116 Å². The number of nitrogens with zero attached hydrogens (tertiary/aromatic N) is 1. The predicted molar refractivity (Wildman–Crippen MR) is 78.7 cm³/mol. The second kappa shape index (κ2) is 7.42. The first kappa shape index (κ1) is 15.0. The molecule has 0 aliphatic carbocycles. The van der Waals surface area contributed by atoms with Crippen LogP contribution in [0.2, 0.25) is 0 Å². The average Bonchev–Trinajstić information content (AvgIpc) is 2.40. The number of aryl methyl sites for hydroxylation is 1. The number of amides is 4. The van der Waals surface area contributed by atoms with E-state index in [2.05, 4.69) is 20.9 Å². The third-order valence-corrected chi connectivity index (χ3v) is 2.72. The van der Waals surface area contributed by atoms with Crippen molar-refractivity contribution in [1.82, 2.24) is 10.6 Å². The maximum atomic E-state index is 11.7. The van der Waals surface area contributed by atoms with Crippen LogP contribution in [0.5, 0.6) is 0 Å². The Morgan fingerprint density at radius 1 is 1.21 bits per heavy atom. The van der Waals surface area contributed by atoms with E-state index in [0.29, 0.717) is 5.69 Å². The number of urea groups is 2. The van der Waals surface area contributed by atoms with E-state index in [1.54, 1.807) is 18.4 Å². The molecule has 0 radical (unpaired) electrons. The Bertz CT molecular complexity index is 485. The van der Waals surface area contributed by atoms with E-state index in [-0.39, 0.29) is 5.17 Å². The molecule has 0 bridgehead atoms. The van der Waals surface area contributed by atoms with Crippen LogP contribution in [0.25, 0.3) is 0 Å². The number of hydrogen-bond acceptors (Lipinski definition) is 3. The van der Waals surface area contributed by atoms with Gasteiger partial charge >= 0.3 is 12.1 Å². The number of anilines is 1. The molecule has 0 spiro atoms. The van der Waals surface area contributed by atoms with Crippen molar-refractivity contribution in [3.63, 3.8) is 0 Å². The van der Waals surface area contributed by atoms with E-state index in [9.17, 15) is 9.59 Å². The largest absolute Gasteiger partial charge is 0.343 e. The van der Waals surface area contributed by atoms with Crippen molar-refractivity contribution in [2.24, 2.45) is 4.99 Å². The highest BCUT2D eigenvalue weighted by atomic mass is 32.2. The van der Waals surface area contributed by atoms with Gasteiger partial charge in [0.15, 0.2) is 5.17 Å². The molecule has 102 valence electrons. The number of rotatable bonds is 1. The molecule has 19 heavy (non-hydrogen) atoms. The van der Waals surface area contributed by atoms with Gasteiger partial charge in [-0.2, -0.15) is 4.99 Å². The van der Waals surface area contributed by atoms with E-state index in [1.165, 1.54) is 18.8 Å². The lowest BCUT2D eigenvalue weighted by molar-refractivity contribution is 0.251. The fourth-order valence-corrected chi connectivity index (χ4v) is 1.54. The van der Waals surface area contributed by atoms with Gasteiger partial charge in [-0.1, -0.05) is 29.5 Å². The summed E-state index contributed by atoms with van der Waals surface area (Å²) in [5.41, 5.74) is 1.78. The third-order valence-electron chi connectivity index (χ3n) is 2.14. The summed E-state index contributed by atoms with van der Waals surface area (Å²) >= 11 is 1.17. The minimum Gasteiger partial charge on any atom is -0.339 e. The molecular weight excluding hydrogens is 264 g/mol. The lowest BCUT2D eigenvalue weighted by Gasteiger charge is -2.08. The van der Waals surface area contributed by atoms with Gasteiger partial charge in [0, 0.05) is 12.7 Å². The Morgan fingerprint density at radius 3 is 2.37 bits per heavy atom. The molecule has 7 heteroatoms.